The van der Waals surface area contributed by atoms with Crippen LogP contribution in [0.4, 0.5) is 0 Å². The Morgan fingerprint density at radius 2 is 1.95 bits per heavy atom. The van der Waals surface area contributed by atoms with Gasteiger partial charge in [-0.05, 0) is 5.56 Å². The van der Waals surface area contributed by atoms with Crippen LogP contribution >= 0.6 is 0 Å². The van der Waals surface area contributed by atoms with Crippen molar-refractivity contribution in [1.82, 2.24) is 0 Å². The molecular formula is C15H22O5. The molecule has 5 heteroatoms. The summed E-state index contributed by atoms with van der Waals surface area (Å²) in [7, 11) is 1.47. The first kappa shape index (κ1) is 16.8. The summed E-state index contributed by atoms with van der Waals surface area (Å²) in [5.74, 6) is 0. The minimum Gasteiger partial charge on any atom is -0.388 e. The fourth-order valence-electron chi connectivity index (χ4n) is 1.68. The molecule has 1 aromatic carbocycles. The first-order chi connectivity index (χ1) is 9.69. The van der Waals surface area contributed by atoms with Crippen LogP contribution in [-0.2, 0) is 20.8 Å². The SMILES string of the molecule is C=C[C@H](O)[C@@H](OCOC)[C@H](O)COCc1ccccc1. The molecule has 0 amide bonds. The van der Waals surface area contributed by atoms with Gasteiger partial charge in [-0.15, -0.1) is 6.58 Å². The van der Waals surface area contributed by atoms with Crippen LogP contribution in [0, 0.1) is 0 Å². The van der Waals surface area contributed by atoms with Gasteiger partial charge in [0.15, 0.2) is 0 Å². The summed E-state index contributed by atoms with van der Waals surface area (Å²) < 4.78 is 15.4. The van der Waals surface area contributed by atoms with Crippen LogP contribution in [0.1, 0.15) is 5.56 Å². The Balaban J connectivity index is 2.40. The maximum absolute atomic E-state index is 10.0. The van der Waals surface area contributed by atoms with Gasteiger partial charge in [-0.3, -0.25) is 0 Å². The summed E-state index contributed by atoms with van der Waals surface area (Å²) in [6.45, 7) is 3.89. The summed E-state index contributed by atoms with van der Waals surface area (Å²) in [5, 5.41) is 19.7. The zero-order valence-corrected chi connectivity index (χ0v) is 11.6. The van der Waals surface area contributed by atoms with E-state index in [1.807, 2.05) is 30.3 Å². The lowest BCUT2D eigenvalue weighted by atomic mass is 10.1. The van der Waals surface area contributed by atoms with Crippen molar-refractivity contribution < 1.29 is 24.4 Å². The predicted molar refractivity (Wildman–Crippen MR) is 75.1 cm³/mol. The quantitative estimate of drug-likeness (QED) is 0.497. The van der Waals surface area contributed by atoms with Crippen LogP contribution in [0.15, 0.2) is 43.0 Å². The standard InChI is InChI=1S/C15H22O5/c1-3-13(16)15(20-11-18-2)14(17)10-19-9-12-7-5-4-6-8-12/h3-8,13-17H,1,9-11H2,2H3/t13-,14+,15+/m0/s1. The zero-order valence-electron chi connectivity index (χ0n) is 11.6. The van der Waals surface area contributed by atoms with E-state index >= 15 is 0 Å². The smallest absolute Gasteiger partial charge is 0.146 e. The van der Waals surface area contributed by atoms with Gasteiger partial charge in [-0.1, -0.05) is 36.4 Å². The van der Waals surface area contributed by atoms with E-state index < -0.39 is 18.3 Å². The molecule has 0 bridgehead atoms. The largest absolute Gasteiger partial charge is 0.388 e. The Bertz CT molecular complexity index is 368. The molecule has 1 aromatic rings. The highest BCUT2D eigenvalue weighted by molar-refractivity contribution is 5.13. The lowest BCUT2D eigenvalue weighted by Gasteiger charge is -2.25. The van der Waals surface area contributed by atoms with Crippen molar-refractivity contribution in [1.29, 1.82) is 0 Å². The minimum atomic E-state index is -0.986. The number of aliphatic hydroxyl groups excluding tert-OH is 2. The minimum absolute atomic E-state index is 0.0225. The second kappa shape index (κ2) is 9.63. The van der Waals surface area contributed by atoms with Crippen LogP contribution in [0.5, 0.6) is 0 Å². The number of rotatable bonds is 10. The Morgan fingerprint density at radius 1 is 1.25 bits per heavy atom. The third-order valence-corrected chi connectivity index (χ3v) is 2.74. The van der Waals surface area contributed by atoms with Gasteiger partial charge >= 0.3 is 0 Å². The number of aliphatic hydroxyl groups is 2. The van der Waals surface area contributed by atoms with Crippen molar-refractivity contribution in [2.45, 2.75) is 24.9 Å². The summed E-state index contributed by atoms with van der Waals surface area (Å²) in [6, 6.07) is 9.63. The van der Waals surface area contributed by atoms with Crippen molar-refractivity contribution >= 4 is 0 Å². The van der Waals surface area contributed by atoms with Gasteiger partial charge < -0.3 is 24.4 Å². The van der Waals surface area contributed by atoms with Crippen molar-refractivity contribution in [3.05, 3.63) is 48.6 Å². The van der Waals surface area contributed by atoms with E-state index in [-0.39, 0.29) is 13.4 Å². The van der Waals surface area contributed by atoms with Crippen molar-refractivity contribution in [2.75, 3.05) is 20.5 Å². The molecule has 0 saturated heterocycles. The van der Waals surface area contributed by atoms with E-state index in [2.05, 4.69) is 6.58 Å². The Morgan fingerprint density at radius 3 is 2.55 bits per heavy atom. The Kier molecular flexibility index (Phi) is 8.10. The number of hydrogen-bond acceptors (Lipinski definition) is 5. The number of methoxy groups -OCH3 is 1. The number of benzene rings is 1. The summed E-state index contributed by atoms with van der Waals surface area (Å²) in [4.78, 5) is 0. The van der Waals surface area contributed by atoms with Crippen molar-refractivity contribution in [3.8, 4) is 0 Å². The van der Waals surface area contributed by atoms with E-state index in [4.69, 9.17) is 14.2 Å². The molecule has 0 fully saturated rings. The van der Waals surface area contributed by atoms with E-state index in [9.17, 15) is 10.2 Å². The molecule has 112 valence electrons. The van der Waals surface area contributed by atoms with Crippen LogP contribution in [-0.4, -0.2) is 49.0 Å². The van der Waals surface area contributed by atoms with Gasteiger partial charge in [-0.25, -0.2) is 0 Å². The average molecular weight is 282 g/mol. The third kappa shape index (κ3) is 5.81. The second-order valence-electron chi connectivity index (χ2n) is 4.33. The van der Waals surface area contributed by atoms with Gasteiger partial charge in [0.1, 0.15) is 25.1 Å². The molecule has 0 unspecified atom stereocenters. The molecule has 0 aliphatic heterocycles. The van der Waals surface area contributed by atoms with Crippen LogP contribution < -0.4 is 0 Å². The van der Waals surface area contributed by atoms with Gasteiger partial charge in [0, 0.05) is 7.11 Å². The molecule has 0 radical (unpaired) electrons. The molecule has 0 spiro atoms. The zero-order chi connectivity index (χ0) is 14.8. The fraction of sp³-hybridized carbons (Fsp3) is 0.467. The molecule has 3 atom stereocenters. The molecule has 0 aromatic heterocycles. The van der Waals surface area contributed by atoms with Crippen LogP contribution in [0.2, 0.25) is 0 Å². The molecule has 20 heavy (non-hydrogen) atoms. The molecule has 0 heterocycles. The van der Waals surface area contributed by atoms with Crippen LogP contribution in [0.3, 0.4) is 0 Å². The highest BCUT2D eigenvalue weighted by Crippen LogP contribution is 2.09. The van der Waals surface area contributed by atoms with Gasteiger partial charge in [0.25, 0.3) is 0 Å². The first-order valence-electron chi connectivity index (χ1n) is 6.40. The maximum atomic E-state index is 10.0. The first-order valence-corrected chi connectivity index (χ1v) is 6.40. The second-order valence-corrected chi connectivity index (χ2v) is 4.33. The number of ether oxygens (including phenoxy) is 3. The number of hydrogen-bond donors (Lipinski definition) is 2. The van der Waals surface area contributed by atoms with Gasteiger partial charge in [0.2, 0.25) is 0 Å². The molecule has 2 N–H and O–H groups in total. The molecule has 0 aliphatic carbocycles. The average Bonchev–Trinajstić information content (AvgIpc) is 2.48. The highest BCUT2D eigenvalue weighted by Gasteiger charge is 2.26. The monoisotopic (exact) mass is 282 g/mol. The normalized spacial score (nSPS) is 15.6. The lowest BCUT2D eigenvalue weighted by molar-refractivity contribution is -0.154. The van der Waals surface area contributed by atoms with Gasteiger partial charge in [-0.2, -0.15) is 0 Å². The lowest BCUT2D eigenvalue weighted by Crippen LogP contribution is -2.41. The summed E-state index contributed by atoms with van der Waals surface area (Å²) in [5.41, 5.74) is 1.01. The Labute approximate surface area is 119 Å². The van der Waals surface area contributed by atoms with E-state index in [0.29, 0.717) is 6.61 Å². The Hall–Kier alpha value is -1.24. The van der Waals surface area contributed by atoms with Crippen molar-refractivity contribution in [3.63, 3.8) is 0 Å². The molecule has 5 nitrogen and oxygen atoms in total. The van der Waals surface area contributed by atoms with Gasteiger partial charge in [0.05, 0.1) is 13.2 Å². The molecular weight excluding hydrogens is 260 g/mol. The third-order valence-electron chi connectivity index (χ3n) is 2.74. The van der Waals surface area contributed by atoms with E-state index in [1.54, 1.807) is 0 Å². The molecule has 0 saturated carbocycles. The molecule has 1 rings (SSSR count). The van der Waals surface area contributed by atoms with Crippen LogP contribution in [0.25, 0.3) is 0 Å². The predicted octanol–water partition coefficient (Wildman–Crippen LogP) is 1.10. The summed E-state index contributed by atoms with van der Waals surface area (Å²) >= 11 is 0. The van der Waals surface area contributed by atoms with E-state index in [0.717, 1.165) is 5.56 Å². The van der Waals surface area contributed by atoms with Crippen molar-refractivity contribution in [2.24, 2.45) is 0 Å². The highest BCUT2D eigenvalue weighted by atomic mass is 16.7. The van der Waals surface area contributed by atoms with E-state index in [1.165, 1.54) is 13.2 Å². The molecule has 0 aliphatic rings. The summed E-state index contributed by atoms with van der Waals surface area (Å²) in [6.07, 6.45) is -1.48. The topological polar surface area (TPSA) is 68.2 Å². The fourth-order valence-corrected chi connectivity index (χ4v) is 1.68. The maximum Gasteiger partial charge on any atom is 0.146 e.